The molecule has 0 aromatic heterocycles. The quantitative estimate of drug-likeness (QED) is 0.839. The highest BCUT2D eigenvalue weighted by molar-refractivity contribution is 5.96. The lowest BCUT2D eigenvalue weighted by Gasteiger charge is -2.11. The van der Waals surface area contributed by atoms with Gasteiger partial charge >= 0.3 is 0 Å². The molecule has 3 rings (SSSR count). The predicted molar refractivity (Wildman–Crippen MR) is 101 cm³/mol. The standard InChI is InChI=1S/C21H24N2O3/c1-15-5-2-3-6-17(15)13-20(24)23-18-10-8-16(9-11-18)21(25)22-14-19-7-4-12-26-19/h2-3,5-6,8-11,19H,4,7,12-14H2,1H3,(H,22,25)(H,23,24)/t19-/m1/s1. The van der Waals surface area contributed by atoms with E-state index in [1.807, 2.05) is 31.2 Å². The molecule has 2 N–H and O–H groups in total. The number of ether oxygens (including phenoxy) is 1. The summed E-state index contributed by atoms with van der Waals surface area (Å²) in [6, 6.07) is 14.8. The van der Waals surface area contributed by atoms with E-state index < -0.39 is 0 Å². The van der Waals surface area contributed by atoms with Gasteiger partial charge in [-0.15, -0.1) is 0 Å². The molecule has 136 valence electrons. The van der Waals surface area contributed by atoms with Crippen molar-refractivity contribution in [3.05, 3.63) is 65.2 Å². The van der Waals surface area contributed by atoms with Gasteiger partial charge in [0.15, 0.2) is 0 Å². The van der Waals surface area contributed by atoms with Crippen LogP contribution in [-0.2, 0) is 16.0 Å². The molecule has 0 bridgehead atoms. The lowest BCUT2D eigenvalue weighted by atomic mass is 10.1. The number of hydrogen-bond donors (Lipinski definition) is 2. The summed E-state index contributed by atoms with van der Waals surface area (Å²) in [7, 11) is 0. The first-order valence-corrected chi connectivity index (χ1v) is 8.96. The van der Waals surface area contributed by atoms with Crippen LogP contribution in [0.15, 0.2) is 48.5 Å². The third-order valence-corrected chi connectivity index (χ3v) is 4.56. The number of carbonyl (C=O) groups is 2. The van der Waals surface area contributed by atoms with Crippen LogP contribution in [0.3, 0.4) is 0 Å². The fourth-order valence-electron chi connectivity index (χ4n) is 3.01. The Balaban J connectivity index is 1.51. The molecular weight excluding hydrogens is 328 g/mol. The van der Waals surface area contributed by atoms with Crippen molar-refractivity contribution in [2.75, 3.05) is 18.5 Å². The zero-order valence-corrected chi connectivity index (χ0v) is 15.0. The van der Waals surface area contributed by atoms with Crippen LogP contribution >= 0.6 is 0 Å². The van der Waals surface area contributed by atoms with Gasteiger partial charge in [0, 0.05) is 24.4 Å². The zero-order valence-electron chi connectivity index (χ0n) is 15.0. The van der Waals surface area contributed by atoms with E-state index >= 15 is 0 Å². The Kier molecular flexibility index (Phi) is 6.02. The van der Waals surface area contributed by atoms with Crippen molar-refractivity contribution in [1.82, 2.24) is 5.32 Å². The SMILES string of the molecule is Cc1ccccc1CC(=O)Nc1ccc(C(=O)NC[C@H]2CCCO2)cc1. The maximum Gasteiger partial charge on any atom is 0.251 e. The van der Waals surface area contributed by atoms with Crippen LogP contribution in [0, 0.1) is 6.92 Å². The van der Waals surface area contributed by atoms with Crippen molar-refractivity contribution in [3.63, 3.8) is 0 Å². The summed E-state index contributed by atoms with van der Waals surface area (Å²) in [6.45, 7) is 3.30. The molecule has 1 saturated heterocycles. The third kappa shape index (κ3) is 4.92. The summed E-state index contributed by atoms with van der Waals surface area (Å²) in [5, 5.41) is 5.76. The van der Waals surface area contributed by atoms with Crippen molar-refractivity contribution in [2.24, 2.45) is 0 Å². The monoisotopic (exact) mass is 352 g/mol. The molecule has 1 aliphatic heterocycles. The van der Waals surface area contributed by atoms with Gasteiger partial charge in [0.1, 0.15) is 0 Å². The molecule has 26 heavy (non-hydrogen) atoms. The Morgan fingerprint density at radius 1 is 1.12 bits per heavy atom. The van der Waals surface area contributed by atoms with Gasteiger partial charge < -0.3 is 15.4 Å². The molecule has 2 aromatic rings. The van der Waals surface area contributed by atoms with Gasteiger partial charge in [0.05, 0.1) is 12.5 Å². The molecule has 0 saturated carbocycles. The van der Waals surface area contributed by atoms with Crippen LogP contribution in [0.5, 0.6) is 0 Å². The minimum absolute atomic E-state index is 0.0742. The van der Waals surface area contributed by atoms with E-state index in [9.17, 15) is 9.59 Å². The van der Waals surface area contributed by atoms with Crippen LogP contribution in [0.2, 0.25) is 0 Å². The molecule has 5 heteroatoms. The third-order valence-electron chi connectivity index (χ3n) is 4.56. The highest BCUT2D eigenvalue weighted by Gasteiger charge is 2.16. The predicted octanol–water partition coefficient (Wildman–Crippen LogP) is 3.09. The lowest BCUT2D eigenvalue weighted by molar-refractivity contribution is -0.115. The van der Waals surface area contributed by atoms with E-state index in [0.717, 1.165) is 30.6 Å². The number of aryl methyl sites for hydroxylation is 1. The van der Waals surface area contributed by atoms with Gasteiger partial charge in [-0.25, -0.2) is 0 Å². The Hall–Kier alpha value is -2.66. The second kappa shape index (κ2) is 8.63. The molecule has 1 heterocycles. The van der Waals surface area contributed by atoms with Gasteiger partial charge in [-0.2, -0.15) is 0 Å². The summed E-state index contributed by atoms with van der Waals surface area (Å²) in [5.41, 5.74) is 3.36. The maximum absolute atomic E-state index is 12.2. The molecule has 0 spiro atoms. The minimum Gasteiger partial charge on any atom is -0.376 e. The molecule has 2 amide bonds. The normalized spacial score (nSPS) is 16.3. The average Bonchev–Trinajstić information content (AvgIpc) is 3.16. The fourth-order valence-corrected chi connectivity index (χ4v) is 3.01. The summed E-state index contributed by atoms with van der Waals surface area (Å²) in [4.78, 5) is 24.4. The van der Waals surface area contributed by atoms with Crippen molar-refractivity contribution in [3.8, 4) is 0 Å². The fraction of sp³-hybridized carbons (Fsp3) is 0.333. The molecule has 1 fully saturated rings. The average molecular weight is 352 g/mol. The highest BCUT2D eigenvalue weighted by Crippen LogP contribution is 2.13. The molecule has 2 aromatic carbocycles. The molecular formula is C21H24N2O3. The second-order valence-corrected chi connectivity index (χ2v) is 6.57. The van der Waals surface area contributed by atoms with Crippen LogP contribution in [0.1, 0.15) is 34.3 Å². The zero-order chi connectivity index (χ0) is 18.4. The second-order valence-electron chi connectivity index (χ2n) is 6.57. The van der Waals surface area contributed by atoms with E-state index in [-0.39, 0.29) is 17.9 Å². The van der Waals surface area contributed by atoms with Crippen LogP contribution < -0.4 is 10.6 Å². The first-order chi connectivity index (χ1) is 12.6. The number of hydrogen-bond acceptors (Lipinski definition) is 3. The number of carbonyl (C=O) groups excluding carboxylic acids is 2. The van der Waals surface area contributed by atoms with Crippen molar-refractivity contribution >= 4 is 17.5 Å². The van der Waals surface area contributed by atoms with Gasteiger partial charge in [-0.3, -0.25) is 9.59 Å². The van der Waals surface area contributed by atoms with E-state index in [0.29, 0.717) is 24.2 Å². The first kappa shape index (κ1) is 18.1. The van der Waals surface area contributed by atoms with Gasteiger partial charge in [-0.05, 0) is 55.2 Å². The Labute approximate surface area is 153 Å². The van der Waals surface area contributed by atoms with E-state index in [1.165, 1.54) is 0 Å². The van der Waals surface area contributed by atoms with E-state index in [1.54, 1.807) is 24.3 Å². The molecule has 0 radical (unpaired) electrons. The number of rotatable bonds is 6. The number of anilines is 1. The molecule has 1 atom stereocenters. The summed E-state index contributed by atoms with van der Waals surface area (Å²) < 4.78 is 5.50. The van der Waals surface area contributed by atoms with Crippen molar-refractivity contribution < 1.29 is 14.3 Å². The van der Waals surface area contributed by atoms with Gasteiger partial charge in [-0.1, -0.05) is 24.3 Å². The maximum atomic E-state index is 12.2. The highest BCUT2D eigenvalue weighted by atomic mass is 16.5. The Morgan fingerprint density at radius 3 is 2.58 bits per heavy atom. The first-order valence-electron chi connectivity index (χ1n) is 8.96. The van der Waals surface area contributed by atoms with Gasteiger partial charge in [0.25, 0.3) is 5.91 Å². The molecule has 0 aliphatic carbocycles. The number of benzene rings is 2. The smallest absolute Gasteiger partial charge is 0.251 e. The number of amides is 2. The minimum atomic E-state index is -0.127. The van der Waals surface area contributed by atoms with E-state index in [4.69, 9.17) is 4.74 Å². The van der Waals surface area contributed by atoms with Crippen molar-refractivity contribution in [1.29, 1.82) is 0 Å². The summed E-state index contributed by atoms with van der Waals surface area (Å²) in [5.74, 6) is -0.201. The Bertz CT molecular complexity index is 765. The van der Waals surface area contributed by atoms with Crippen LogP contribution in [0.25, 0.3) is 0 Å². The Morgan fingerprint density at radius 2 is 1.88 bits per heavy atom. The van der Waals surface area contributed by atoms with Crippen LogP contribution in [-0.4, -0.2) is 31.1 Å². The van der Waals surface area contributed by atoms with E-state index in [2.05, 4.69) is 10.6 Å². The summed E-state index contributed by atoms with van der Waals surface area (Å²) >= 11 is 0. The molecule has 0 unspecified atom stereocenters. The topological polar surface area (TPSA) is 67.4 Å². The van der Waals surface area contributed by atoms with Crippen LogP contribution in [0.4, 0.5) is 5.69 Å². The lowest BCUT2D eigenvalue weighted by Crippen LogP contribution is -2.31. The number of nitrogens with one attached hydrogen (secondary N) is 2. The molecule has 1 aliphatic rings. The summed E-state index contributed by atoms with van der Waals surface area (Å²) in [6.07, 6.45) is 2.50. The van der Waals surface area contributed by atoms with Gasteiger partial charge in [0.2, 0.25) is 5.91 Å². The molecule has 5 nitrogen and oxygen atoms in total. The largest absolute Gasteiger partial charge is 0.376 e. The van der Waals surface area contributed by atoms with Crippen molar-refractivity contribution in [2.45, 2.75) is 32.3 Å².